The molecule has 0 aliphatic carbocycles. The van der Waals surface area contributed by atoms with Crippen molar-refractivity contribution in [3.8, 4) is 0 Å². The second-order valence-corrected chi connectivity index (χ2v) is 11.2. The largest absolute Gasteiger partial charge is 0.478 e. The van der Waals surface area contributed by atoms with Crippen LogP contribution in [0.5, 0.6) is 0 Å². The first kappa shape index (κ1) is 31.3. The first-order valence-corrected chi connectivity index (χ1v) is 14.6. The summed E-state index contributed by atoms with van der Waals surface area (Å²) < 4.78 is 0. The van der Waals surface area contributed by atoms with Crippen molar-refractivity contribution in [2.75, 3.05) is 10.2 Å². The van der Waals surface area contributed by atoms with Crippen LogP contribution in [-0.4, -0.2) is 44.9 Å². The lowest BCUT2D eigenvalue weighted by molar-refractivity contribution is -0.384. The summed E-state index contributed by atoms with van der Waals surface area (Å²) in [4.78, 5) is 75.5. The molecule has 13 heteroatoms. The second-order valence-electron chi connectivity index (χ2n) is 9.94. The normalized spacial score (nSPS) is 14.6. The van der Waals surface area contributed by atoms with Crippen LogP contribution in [0.2, 0.25) is 0 Å². The van der Waals surface area contributed by atoms with Crippen LogP contribution in [-0.2, 0) is 14.4 Å². The Morgan fingerprint density at radius 2 is 1.59 bits per heavy atom. The molecule has 1 atom stereocenters. The third-order valence-corrected chi connectivity index (χ3v) is 7.97. The number of benzene rings is 4. The number of non-ortho nitro benzene ring substituents is 1. The number of amides is 4. The standard InChI is InChI=1S/C33H24N4O8S/c38-29-19-28(32(41)36(29)24-15-11-22(12-16-24)33(42)43)46-26-8-4-7-23(18-26)34-31(40)27(35-30(39)21-5-2-1-3-6-21)17-20-9-13-25(14-10-20)37(44)45/h1-18,28H,19H2,(H,34,40)(H,35,39)(H,42,43)/b27-17-. The van der Waals surface area contributed by atoms with Crippen LogP contribution < -0.4 is 15.5 Å². The average Bonchev–Trinajstić information content (AvgIpc) is 3.33. The van der Waals surface area contributed by atoms with E-state index in [1.54, 1.807) is 54.6 Å². The van der Waals surface area contributed by atoms with Crippen LogP contribution >= 0.6 is 11.8 Å². The minimum Gasteiger partial charge on any atom is -0.478 e. The Bertz CT molecular complexity index is 1880. The van der Waals surface area contributed by atoms with E-state index in [9.17, 15) is 34.1 Å². The molecule has 0 radical (unpaired) electrons. The molecule has 4 amide bonds. The molecule has 0 bridgehead atoms. The fraction of sp³-hybridized carbons (Fsp3) is 0.0606. The van der Waals surface area contributed by atoms with Crippen molar-refractivity contribution in [2.45, 2.75) is 16.6 Å². The number of rotatable bonds is 10. The van der Waals surface area contributed by atoms with Crippen LogP contribution in [0, 0.1) is 10.1 Å². The van der Waals surface area contributed by atoms with E-state index in [2.05, 4.69) is 10.6 Å². The summed E-state index contributed by atoms with van der Waals surface area (Å²) in [7, 11) is 0. The first-order valence-electron chi connectivity index (χ1n) is 13.7. The number of carboxylic acids is 1. The van der Waals surface area contributed by atoms with Gasteiger partial charge in [0.25, 0.3) is 17.5 Å². The molecule has 0 aromatic heterocycles. The third-order valence-electron chi connectivity index (χ3n) is 6.79. The third kappa shape index (κ3) is 7.34. The van der Waals surface area contributed by atoms with Crippen LogP contribution in [0.3, 0.4) is 0 Å². The molecule has 3 N–H and O–H groups in total. The highest BCUT2D eigenvalue weighted by Crippen LogP contribution is 2.35. The molecular weight excluding hydrogens is 612 g/mol. The van der Waals surface area contributed by atoms with Crippen molar-refractivity contribution < 1.29 is 34.0 Å². The summed E-state index contributed by atoms with van der Waals surface area (Å²) in [6.45, 7) is 0. The van der Waals surface area contributed by atoms with Gasteiger partial charge >= 0.3 is 5.97 Å². The van der Waals surface area contributed by atoms with E-state index >= 15 is 0 Å². The van der Waals surface area contributed by atoms with Crippen LogP contribution in [0.25, 0.3) is 6.08 Å². The quantitative estimate of drug-likeness (QED) is 0.0922. The Morgan fingerprint density at radius 1 is 0.891 bits per heavy atom. The number of nitrogens with one attached hydrogen (secondary N) is 2. The van der Waals surface area contributed by atoms with Crippen molar-refractivity contribution in [3.63, 3.8) is 0 Å². The highest BCUT2D eigenvalue weighted by molar-refractivity contribution is 8.00. The summed E-state index contributed by atoms with van der Waals surface area (Å²) in [5.74, 6) is -3.22. The van der Waals surface area contributed by atoms with Gasteiger partial charge in [-0.15, -0.1) is 11.8 Å². The van der Waals surface area contributed by atoms with Gasteiger partial charge in [0.15, 0.2) is 0 Å². The topological polar surface area (TPSA) is 176 Å². The molecule has 1 aliphatic heterocycles. The smallest absolute Gasteiger partial charge is 0.335 e. The maximum Gasteiger partial charge on any atom is 0.335 e. The number of nitrogens with zero attached hydrogens (tertiary/aromatic N) is 2. The summed E-state index contributed by atoms with van der Waals surface area (Å²) in [6.07, 6.45) is 1.31. The summed E-state index contributed by atoms with van der Waals surface area (Å²) >= 11 is 1.14. The SMILES string of the molecule is O=C(Nc1cccc(SC2CC(=O)N(c3ccc(C(=O)O)cc3)C2=O)c1)/C(=C/c1ccc([N+](=O)[O-])cc1)NC(=O)c1ccccc1. The number of carboxylic acid groups (broad SMARTS) is 1. The molecule has 12 nitrogen and oxygen atoms in total. The zero-order valence-corrected chi connectivity index (χ0v) is 24.6. The highest BCUT2D eigenvalue weighted by Gasteiger charge is 2.40. The van der Waals surface area contributed by atoms with Crippen molar-refractivity contribution in [2.24, 2.45) is 0 Å². The lowest BCUT2D eigenvalue weighted by Crippen LogP contribution is -2.31. The molecule has 230 valence electrons. The predicted octanol–water partition coefficient (Wildman–Crippen LogP) is 5.13. The fourth-order valence-corrected chi connectivity index (χ4v) is 5.64. The molecule has 0 spiro atoms. The number of hydrogen-bond acceptors (Lipinski definition) is 8. The number of carbonyl (C=O) groups is 5. The van der Waals surface area contributed by atoms with E-state index in [0.29, 0.717) is 21.7 Å². The van der Waals surface area contributed by atoms with Gasteiger partial charge in [0.2, 0.25) is 11.8 Å². The summed E-state index contributed by atoms with van der Waals surface area (Å²) in [6, 6.07) is 25.8. The van der Waals surface area contributed by atoms with Gasteiger partial charge in [-0.2, -0.15) is 0 Å². The molecule has 0 saturated carbocycles. The van der Waals surface area contributed by atoms with Gasteiger partial charge in [-0.25, -0.2) is 9.69 Å². The Morgan fingerprint density at radius 3 is 2.24 bits per heavy atom. The van der Waals surface area contributed by atoms with Gasteiger partial charge in [0.1, 0.15) is 5.70 Å². The van der Waals surface area contributed by atoms with Crippen LogP contribution in [0.4, 0.5) is 17.1 Å². The van der Waals surface area contributed by atoms with E-state index in [4.69, 9.17) is 5.11 Å². The van der Waals surface area contributed by atoms with Gasteiger partial charge < -0.3 is 15.7 Å². The Labute approximate surface area is 265 Å². The van der Waals surface area contributed by atoms with E-state index < -0.39 is 39.8 Å². The van der Waals surface area contributed by atoms with Gasteiger partial charge in [0.05, 0.1) is 21.4 Å². The van der Waals surface area contributed by atoms with Crippen molar-refractivity contribution in [3.05, 3.63) is 136 Å². The minimum absolute atomic E-state index is 0.0259. The lowest BCUT2D eigenvalue weighted by Gasteiger charge is -2.15. The molecule has 1 unspecified atom stereocenters. The van der Waals surface area contributed by atoms with E-state index in [1.807, 2.05) is 0 Å². The highest BCUT2D eigenvalue weighted by atomic mass is 32.2. The average molecular weight is 637 g/mol. The van der Waals surface area contributed by atoms with Crippen molar-refractivity contribution in [1.29, 1.82) is 0 Å². The van der Waals surface area contributed by atoms with Crippen molar-refractivity contribution >= 4 is 64.5 Å². The molecule has 1 aliphatic rings. The Kier molecular flexibility index (Phi) is 9.33. The van der Waals surface area contributed by atoms with Gasteiger partial charge in [-0.3, -0.25) is 29.3 Å². The molecule has 1 fully saturated rings. The second kappa shape index (κ2) is 13.7. The zero-order valence-electron chi connectivity index (χ0n) is 23.8. The predicted molar refractivity (Wildman–Crippen MR) is 170 cm³/mol. The van der Waals surface area contributed by atoms with Gasteiger partial charge in [0, 0.05) is 34.7 Å². The number of hydrogen-bond donors (Lipinski definition) is 3. The van der Waals surface area contributed by atoms with Crippen LogP contribution in [0.15, 0.2) is 114 Å². The zero-order chi connectivity index (χ0) is 32.8. The summed E-state index contributed by atoms with van der Waals surface area (Å²) in [5.41, 5.74) is 1.13. The van der Waals surface area contributed by atoms with E-state index in [0.717, 1.165) is 16.7 Å². The first-order chi connectivity index (χ1) is 22.1. The number of nitro benzene ring substituents is 1. The van der Waals surface area contributed by atoms with Crippen LogP contribution in [0.1, 0.15) is 32.7 Å². The van der Waals surface area contributed by atoms with Gasteiger partial charge in [-0.1, -0.05) is 24.3 Å². The molecule has 1 heterocycles. The minimum atomic E-state index is -1.13. The van der Waals surface area contributed by atoms with Crippen molar-refractivity contribution in [1.82, 2.24) is 5.32 Å². The Hall–Kier alpha value is -6.08. The number of carbonyl (C=O) groups excluding carboxylic acids is 4. The molecule has 4 aromatic carbocycles. The molecule has 5 rings (SSSR count). The van der Waals surface area contributed by atoms with E-state index in [1.165, 1.54) is 54.6 Å². The number of aromatic carboxylic acids is 1. The fourth-order valence-electron chi connectivity index (χ4n) is 4.53. The van der Waals surface area contributed by atoms with Gasteiger partial charge in [-0.05, 0) is 78.4 Å². The number of thioether (sulfide) groups is 1. The summed E-state index contributed by atoms with van der Waals surface area (Å²) in [5, 5.41) is 24.7. The molecule has 46 heavy (non-hydrogen) atoms. The maximum absolute atomic E-state index is 13.4. The number of nitro groups is 1. The maximum atomic E-state index is 13.4. The Balaban J connectivity index is 1.32. The molecular formula is C33H24N4O8S. The lowest BCUT2D eigenvalue weighted by atomic mass is 10.1. The molecule has 1 saturated heterocycles. The van der Waals surface area contributed by atoms with E-state index in [-0.39, 0.29) is 29.1 Å². The monoisotopic (exact) mass is 636 g/mol. The number of imide groups is 1. The molecule has 4 aromatic rings. The number of anilines is 2.